The summed E-state index contributed by atoms with van der Waals surface area (Å²) >= 11 is 0. The molecule has 2 aliphatic heterocycles. The number of benzene rings is 2. The molecule has 0 saturated carbocycles. The molecule has 2 aliphatic rings. The maximum absolute atomic E-state index is 12.7. The quantitative estimate of drug-likeness (QED) is 0.917. The summed E-state index contributed by atoms with van der Waals surface area (Å²) in [5, 5.41) is 0. The Morgan fingerprint density at radius 3 is 2.56 bits per heavy atom. The van der Waals surface area contributed by atoms with E-state index >= 15 is 0 Å². The highest BCUT2D eigenvalue weighted by atomic mass is 16.5. The molecule has 2 heterocycles. The fourth-order valence-electron chi connectivity index (χ4n) is 3.97. The van der Waals surface area contributed by atoms with Crippen LogP contribution in [0.5, 0.6) is 5.75 Å². The van der Waals surface area contributed by atoms with Crippen molar-refractivity contribution in [3.05, 3.63) is 64.7 Å². The lowest BCUT2D eigenvalue weighted by Gasteiger charge is -2.38. The van der Waals surface area contributed by atoms with E-state index in [1.54, 1.807) is 0 Å². The van der Waals surface area contributed by atoms with Crippen LogP contribution in [0.15, 0.2) is 42.5 Å². The predicted octanol–water partition coefficient (Wildman–Crippen LogP) is 3.02. The first kappa shape index (κ1) is 16.2. The summed E-state index contributed by atoms with van der Waals surface area (Å²) in [5.74, 6) is 1.11. The summed E-state index contributed by atoms with van der Waals surface area (Å²) in [5.41, 5.74) is 10.2. The van der Waals surface area contributed by atoms with Gasteiger partial charge in [0.2, 0.25) is 0 Å². The van der Waals surface area contributed by atoms with Crippen molar-refractivity contribution in [2.24, 2.45) is 5.73 Å². The smallest absolute Gasteiger partial charge is 0.253 e. The van der Waals surface area contributed by atoms with Crippen LogP contribution in [0.3, 0.4) is 0 Å². The standard InChI is InChI=1S/C21H24N2O2/c1-15-2-5-17(6-3-15)20(24)23-10-8-21(9-11-23)14-25-19-7-4-16(13-22)12-18(19)21/h2-7,12H,8-11,13-14,22H2,1H3. The van der Waals surface area contributed by atoms with Gasteiger partial charge in [-0.2, -0.15) is 0 Å². The molecule has 4 rings (SSSR count). The fraction of sp³-hybridized carbons (Fsp3) is 0.381. The summed E-state index contributed by atoms with van der Waals surface area (Å²) in [6, 6.07) is 14.1. The Hall–Kier alpha value is -2.33. The first-order chi connectivity index (χ1) is 12.1. The van der Waals surface area contributed by atoms with Gasteiger partial charge in [-0.3, -0.25) is 4.79 Å². The van der Waals surface area contributed by atoms with Gasteiger partial charge >= 0.3 is 0 Å². The lowest BCUT2D eigenvalue weighted by molar-refractivity contribution is 0.0646. The molecule has 0 aliphatic carbocycles. The molecular weight excluding hydrogens is 312 g/mol. The molecule has 1 amide bonds. The van der Waals surface area contributed by atoms with Crippen LogP contribution in [0.1, 0.15) is 39.9 Å². The molecule has 2 aromatic carbocycles. The number of hydrogen-bond acceptors (Lipinski definition) is 3. The van der Waals surface area contributed by atoms with Gasteiger partial charge in [-0.05, 0) is 43.5 Å². The number of aryl methyl sites for hydroxylation is 1. The number of nitrogens with zero attached hydrogens (tertiary/aromatic N) is 1. The molecule has 0 radical (unpaired) electrons. The number of amides is 1. The van der Waals surface area contributed by atoms with E-state index in [0.717, 1.165) is 42.8 Å². The number of rotatable bonds is 2. The summed E-state index contributed by atoms with van der Waals surface area (Å²) in [6.07, 6.45) is 1.87. The minimum absolute atomic E-state index is 0.0323. The van der Waals surface area contributed by atoms with Gasteiger partial charge in [0, 0.05) is 36.2 Å². The van der Waals surface area contributed by atoms with Gasteiger partial charge in [0.1, 0.15) is 5.75 Å². The third-order valence-corrected chi connectivity index (χ3v) is 5.66. The Labute approximate surface area is 148 Å². The highest BCUT2D eigenvalue weighted by Gasteiger charge is 2.43. The molecule has 0 aromatic heterocycles. The molecule has 2 N–H and O–H groups in total. The highest BCUT2D eigenvalue weighted by Crippen LogP contribution is 2.45. The average Bonchev–Trinajstić information content (AvgIpc) is 3.00. The van der Waals surface area contributed by atoms with Crippen LogP contribution in [0.4, 0.5) is 0 Å². The molecule has 2 aromatic rings. The van der Waals surface area contributed by atoms with E-state index in [0.29, 0.717) is 13.2 Å². The van der Waals surface area contributed by atoms with Crippen molar-refractivity contribution < 1.29 is 9.53 Å². The minimum atomic E-state index is 0.0323. The zero-order valence-electron chi connectivity index (χ0n) is 14.6. The fourth-order valence-corrected chi connectivity index (χ4v) is 3.97. The van der Waals surface area contributed by atoms with E-state index < -0.39 is 0 Å². The number of carbonyl (C=O) groups excluding carboxylic acids is 1. The summed E-state index contributed by atoms with van der Waals surface area (Å²) < 4.78 is 5.94. The highest BCUT2D eigenvalue weighted by molar-refractivity contribution is 5.94. The van der Waals surface area contributed by atoms with Crippen LogP contribution >= 0.6 is 0 Å². The van der Waals surface area contributed by atoms with E-state index in [1.807, 2.05) is 48.2 Å². The van der Waals surface area contributed by atoms with Crippen LogP contribution in [0.25, 0.3) is 0 Å². The van der Waals surface area contributed by atoms with Crippen LogP contribution in [-0.4, -0.2) is 30.5 Å². The van der Waals surface area contributed by atoms with Crippen molar-refractivity contribution in [2.75, 3.05) is 19.7 Å². The molecule has 4 nitrogen and oxygen atoms in total. The monoisotopic (exact) mass is 336 g/mol. The number of likely N-dealkylation sites (tertiary alicyclic amines) is 1. The zero-order chi connectivity index (χ0) is 17.4. The Morgan fingerprint density at radius 1 is 1.16 bits per heavy atom. The first-order valence-corrected chi connectivity index (χ1v) is 8.93. The number of carbonyl (C=O) groups is 1. The largest absolute Gasteiger partial charge is 0.492 e. The van der Waals surface area contributed by atoms with E-state index in [2.05, 4.69) is 6.07 Å². The average molecular weight is 336 g/mol. The molecule has 1 spiro atoms. The third kappa shape index (κ3) is 2.81. The molecule has 0 bridgehead atoms. The van der Waals surface area contributed by atoms with Crippen molar-refractivity contribution in [3.63, 3.8) is 0 Å². The van der Waals surface area contributed by atoms with Crippen molar-refractivity contribution in [2.45, 2.75) is 31.7 Å². The van der Waals surface area contributed by atoms with E-state index in [4.69, 9.17) is 10.5 Å². The molecule has 4 heteroatoms. The molecule has 1 saturated heterocycles. The predicted molar refractivity (Wildman–Crippen MR) is 97.8 cm³/mol. The van der Waals surface area contributed by atoms with Gasteiger partial charge in [-0.1, -0.05) is 29.8 Å². The Bertz CT molecular complexity index is 790. The molecule has 25 heavy (non-hydrogen) atoms. The Morgan fingerprint density at radius 2 is 1.88 bits per heavy atom. The lowest BCUT2D eigenvalue weighted by Crippen LogP contribution is -2.46. The van der Waals surface area contributed by atoms with E-state index in [-0.39, 0.29) is 11.3 Å². The molecule has 1 fully saturated rings. The topological polar surface area (TPSA) is 55.6 Å². The molecule has 0 atom stereocenters. The molecule has 130 valence electrons. The van der Waals surface area contributed by atoms with Gasteiger partial charge in [-0.25, -0.2) is 0 Å². The first-order valence-electron chi connectivity index (χ1n) is 8.93. The van der Waals surface area contributed by atoms with Crippen LogP contribution < -0.4 is 10.5 Å². The van der Waals surface area contributed by atoms with Crippen molar-refractivity contribution >= 4 is 5.91 Å². The molecular formula is C21H24N2O2. The number of fused-ring (bicyclic) bond motifs is 2. The second-order valence-corrected chi connectivity index (χ2v) is 7.26. The second kappa shape index (κ2) is 6.19. The van der Waals surface area contributed by atoms with Crippen molar-refractivity contribution in [1.29, 1.82) is 0 Å². The number of ether oxygens (including phenoxy) is 1. The second-order valence-electron chi connectivity index (χ2n) is 7.26. The van der Waals surface area contributed by atoms with Crippen LogP contribution in [0, 0.1) is 6.92 Å². The van der Waals surface area contributed by atoms with Gasteiger partial charge in [0.05, 0.1) is 6.61 Å². The lowest BCUT2D eigenvalue weighted by atomic mass is 9.74. The molecule has 0 unspecified atom stereocenters. The van der Waals surface area contributed by atoms with Crippen LogP contribution in [0.2, 0.25) is 0 Å². The number of hydrogen-bond donors (Lipinski definition) is 1. The number of nitrogens with two attached hydrogens (primary N) is 1. The number of piperidine rings is 1. The summed E-state index contributed by atoms with van der Waals surface area (Å²) in [4.78, 5) is 14.7. The maximum Gasteiger partial charge on any atom is 0.253 e. The van der Waals surface area contributed by atoms with Gasteiger partial charge in [0.25, 0.3) is 5.91 Å². The summed E-state index contributed by atoms with van der Waals surface area (Å²) in [7, 11) is 0. The third-order valence-electron chi connectivity index (χ3n) is 5.66. The normalized spacial score (nSPS) is 18.1. The SMILES string of the molecule is Cc1ccc(C(=O)N2CCC3(CC2)COc2ccc(CN)cc23)cc1. The maximum atomic E-state index is 12.7. The van der Waals surface area contributed by atoms with Crippen molar-refractivity contribution in [3.8, 4) is 5.75 Å². The van der Waals surface area contributed by atoms with Crippen LogP contribution in [-0.2, 0) is 12.0 Å². The summed E-state index contributed by atoms with van der Waals surface area (Å²) in [6.45, 7) is 4.82. The Kier molecular flexibility index (Phi) is 4.00. The van der Waals surface area contributed by atoms with Gasteiger partial charge in [-0.15, -0.1) is 0 Å². The van der Waals surface area contributed by atoms with E-state index in [1.165, 1.54) is 11.1 Å². The van der Waals surface area contributed by atoms with Gasteiger partial charge < -0.3 is 15.4 Å². The van der Waals surface area contributed by atoms with Gasteiger partial charge in [0.15, 0.2) is 0 Å². The Balaban J connectivity index is 1.51. The zero-order valence-corrected chi connectivity index (χ0v) is 14.6. The van der Waals surface area contributed by atoms with E-state index in [9.17, 15) is 4.79 Å². The minimum Gasteiger partial charge on any atom is -0.492 e. The van der Waals surface area contributed by atoms with Crippen molar-refractivity contribution in [1.82, 2.24) is 4.90 Å².